The van der Waals surface area contributed by atoms with Crippen LogP contribution in [0.4, 0.5) is 0 Å². The van der Waals surface area contributed by atoms with Gasteiger partial charge in [-0.1, -0.05) is 66.7 Å². The van der Waals surface area contributed by atoms with Crippen LogP contribution in [0.5, 0.6) is 0 Å². The van der Waals surface area contributed by atoms with Gasteiger partial charge >= 0.3 is 0 Å². The summed E-state index contributed by atoms with van der Waals surface area (Å²) < 4.78 is 0. The molecule has 5 rings (SSSR count). The number of nitrogens with one attached hydrogen (secondary N) is 2. The summed E-state index contributed by atoms with van der Waals surface area (Å²) >= 11 is 0. The number of rotatable bonds is 8. The van der Waals surface area contributed by atoms with Gasteiger partial charge in [0.25, 0.3) is 0 Å². The third kappa shape index (κ3) is 6.31. The van der Waals surface area contributed by atoms with Crippen LogP contribution in [-0.2, 0) is 27.2 Å². The van der Waals surface area contributed by atoms with Gasteiger partial charge in [0, 0.05) is 18.9 Å². The molecule has 1 heterocycles. The van der Waals surface area contributed by atoms with Gasteiger partial charge in [0.2, 0.25) is 17.7 Å². The summed E-state index contributed by atoms with van der Waals surface area (Å²) in [6.07, 6.45) is 2.36. The summed E-state index contributed by atoms with van der Waals surface area (Å²) in [5, 5.41) is 15.4. The molecule has 1 aliphatic heterocycles. The number of likely N-dealkylation sites (tertiary alicyclic amines) is 1. The number of hydrogen-bond donors (Lipinski definition) is 3. The lowest BCUT2D eigenvalue weighted by molar-refractivity contribution is -0.141. The van der Waals surface area contributed by atoms with E-state index in [9.17, 15) is 19.6 Å². The fraction of sp³-hybridized carbons (Fsp3) is 0.333. The second-order valence-corrected chi connectivity index (χ2v) is 11.0. The van der Waals surface area contributed by atoms with E-state index in [2.05, 4.69) is 22.8 Å². The average molecular weight is 550 g/mol. The number of aryl methyl sites for hydroxylation is 1. The van der Waals surface area contributed by atoms with Gasteiger partial charge in [0.05, 0.1) is 23.7 Å². The first-order chi connectivity index (χ1) is 19.8. The fourth-order valence-electron chi connectivity index (χ4n) is 5.98. The maximum absolute atomic E-state index is 14.2. The molecule has 0 radical (unpaired) electrons. The van der Waals surface area contributed by atoms with Crippen LogP contribution < -0.4 is 16.4 Å². The number of carbonyl (C=O) groups is 3. The summed E-state index contributed by atoms with van der Waals surface area (Å²) in [4.78, 5) is 42.4. The van der Waals surface area contributed by atoms with Crippen molar-refractivity contribution in [3.8, 4) is 6.07 Å². The van der Waals surface area contributed by atoms with Gasteiger partial charge in [-0.25, -0.2) is 0 Å². The molecule has 0 saturated carbocycles. The first-order valence-corrected chi connectivity index (χ1v) is 14.1. The molecule has 0 aromatic heterocycles. The molecule has 3 aromatic rings. The van der Waals surface area contributed by atoms with Gasteiger partial charge in [0.15, 0.2) is 0 Å². The van der Waals surface area contributed by atoms with E-state index in [0.29, 0.717) is 18.5 Å². The maximum Gasteiger partial charge on any atom is 0.246 e. The Hall–Kier alpha value is -4.48. The van der Waals surface area contributed by atoms with Crippen molar-refractivity contribution in [1.29, 1.82) is 5.26 Å². The monoisotopic (exact) mass is 549 g/mol. The van der Waals surface area contributed by atoms with Crippen LogP contribution in [0.2, 0.25) is 0 Å². The van der Waals surface area contributed by atoms with E-state index < -0.39 is 24.0 Å². The molecule has 41 heavy (non-hydrogen) atoms. The summed E-state index contributed by atoms with van der Waals surface area (Å²) in [6, 6.07) is 24.5. The van der Waals surface area contributed by atoms with Gasteiger partial charge in [-0.15, -0.1) is 0 Å². The molecular weight excluding hydrogens is 514 g/mol. The standard InChI is InChI=1S/C33H35N5O3/c1-21(35)31(39)37-29(17-22-8-7-9-23(16-22)19-34)33(41)38-20-26(24-10-3-2-4-11-24)18-30(38)32(40)36-28-15-14-25-12-5-6-13-27(25)28/h2-13,16,21,26,28-30H,14-15,17-18,20,35H2,1H3,(H,36,40)(H,37,39)/t21-,26-,28+,29-,30-/m0/s1. The molecule has 3 amide bonds. The van der Waals surface area contributed by atoms with Gasteiger partial charge in [-0.3, -0.25) is 14.4 Å². The highest BCUT2D eigenvalue weighted by atomic mass is 16.2. The van der Waals surface area contributed by atoms with Crippen molar-refractivity contribution in [3.05, 3.63) is 107 Å². The molecule has 0 bridgehead atoms. The van der Waals surface area contributed by atoms with Gasteiger partial charge < -0.3 is 21.3 Å². The number of benzene rings is 3. The van der Waals surface area contributed by atoms with E-state index in [1.54, 1.807) is 30.0 Å². The zero-order chi connectivity index (χ0) is 28.9. The summed E-state index contributed by atoms with van der Waals surface area (Å²) in [6.45, 7) is 1.91. The Morgan fingerprint density at radius 3 is 2.56 bits per heavy atom. The van der Waals surface area contributed by atoms with Gasteiger partial charge in [0.1, 0.15) is 12.1 Å². The van der Waals surface area contributed by atoms with Crippen molar-refractivity contribution >= 4 is 17.7 Å². The van der Waals surface area contributed by atoms with Crippen LogP contribution in [0.3, 0.4) is 0 Å². The van der Waals surface area contributed by atoms with Crippen molar-refractivity contribution in [2.24, 2.45) is 5.73 Å². The number of hydrogen-bond acceptors (Lipinski definition) is 5. The number of carbonyl (C=O) groups excluding carboxylic acids is 3. The number of fused-ring (bicyclic) bond motifs is 1. The molecule has 8 heteroatoms. The maximum atomic E-state index is 14.2. The van der Waals surface area contributed by atoms with Gasteiger partial charge in [-0.05, 0) is 60.6 Å². The SMILES string of the molecule is C[C@H](N)C(=O)N[C@@H](Cc1cccc(C#N)c1)C(=O)N1C[C@@H](c2ccccc2)C[C@H]1C(=O)N[C@@H]1CCc2ccccc21. The van der Waals surface area contributed by atoms with Crippen molar-refractivity contribution in [3.63, 3.8) is 0 Å². The van der Waals surface area contributed by atoms with E-state index in [-0.39, 0.29) is 30.2 Å². The molecule has 3 aromatic carbocycles. The van der Waals surface area contributed by atoms with Gasteiger partial charge in [-0.2, -0.15) is 5.26 Å². The number of nitriles is 1. The Balaban J connectivity index is 1.43. The largest absolute Gasteiger partial charge is 0.347 e. The Morgan fingerprint density at radius 1 is 1.05 bits per heavy atom. The van der Waals surface area contributed by atoms with E-state index >= 15 is 0 Å². The molecular formula is C33H35N5O3. The lowest BCUT2D eigenvalue weighted by atomic mass is 9.96. The predicted octanol–water partition coefficient (Wildman–Crippen LogP) is 3.12. The molecule has 5 atom stereocenters. The molecule has 4 N–H and O–H groups in total. The van der Waals surface area contributed by atoms with E-state index in [1.165, 1.54) is 5.56 Å². The summed E-state index contributed by atoms with van der Waals surface area (Å²) in [7, 11) is 0. The third-order valence-electron chi connectivity index (χ3n) is 8.13. The van der Waals surface area contributed by atoms with Crippen molar-refractivity contribution < 1.29 is 14.4 Å². The highest BCUT2D eigenvalue weighted by Crippen LogP contribution is 2.35. The first-order valence-electron chi connectivity index (χ1n) is 14.1. The number of nitrogens with two attached hydrogens (primary N) is 1. The summed E-state index contributed by atoms with van der Waals surface area (Å²) in [5.41, 5.74) is 10.4. The van der Waals surface area contributed by atoms with Crippen LogP contribution in [0, 0.1) is 11.3 Å². The predicted molar refractivity (Wildman–Crippen MR) is 155 cm³/mol. The van der Waals surface area contributed by atoms with E-state index in [1.807, 2.05) is 54.6 Å². The van der Waals surface area contributed by atoms with E-state index in [0.717, 1.165) is 29.5 Å². The van der Waals surface area contributed by atoms with Crippen LogP contribution in [0.15, 0.2) is 78.9 Å². The molecule has 210 valence electrons. The number of amides is 3. The topological polar surface area (TPSA) is 128 Å². The average Bonchev–Trinajstić information content (AvgIpc) is 3.62. The summed E-state index contributed by atoms with van der Waals surface area (Å²) in [5.74, 6) is -1.02. The van der Waals surface area contributed by atoms with Crippen LogP contribution in [0.1, 0.15) is 59.5 Å². The molecule has 1 aliphatic carbocycles. The second kappa shape index (κ2) is 12.4. The molecule has 1 fully saturated rings. The quantitative estimate of drug-likeness (QED) is 0.398. The Bertz CT molecular complexity index is 1460. The molecule has 0 spiro atoms. The first kappa shape index (κ1) is 28.1. The molecule has 8 nitrogen and oxygen atoms in total. The normalized spacial score (nSPS) is 20.9. The lowest BCUT2D eigenvalue weighted by Gasteiger charge is -2.30. The van der Waals surface area contributed by atoms with Crippen LogP contribution in [-0.4, -0.2) is 47.3 Å². The van der Waals surface area contributed by atoms with Crippen molar-refractivity contribution in [2.75, 3.05) is 6.54 Å². The zero-order valence-electron chi connectivity index (χ0n) is 23.1. The van der Waals surface area contributed by atoms with Crippen molar-refractivity contribution in [1.82, 2.24) is 15.5 Å². The second-order valence-electron chi connectivity index (χ2n) is 11.0. The van der Waals surface area contributed by atoms with Crippen molar-refractivity contribution in [2.45, 2.75) is 62.7 Å². The number of nitrogens with zero attached hydrogens (tertiary/aromatic N) is 2. The molecule has 1 saturated heterocycles. The Kier molecular flexibility index (Phi) is 8.46. The Labute approximate surface area is 240 Å². The van der Waals surface area contributed by atoms with Crippen LogP contribution >= 0.6 is 0 Å². The minimum atomic E-state index is -0.945. The zero-order valence-corrected chi connectivity index (χ0v) is 23.1. The lowest BCUT2D eigenvalue weighted by Crippen LogP contribution is -2.56. The molecule has 2 aliphatic rings. The minimum Gasteiger partial charge on any atom is -0.347 e. The highest BCUT2D eigenvalue weighted by molar-refractivity contribution is 5.94. The smallest absolute Gasteiger partial charge is 0.246 e. The molecule has 0 unspecified atom stereocenters. The highest BCUT2D eigenvalue weighted by Gasteiger charge is 2.43. The van der Waals surface area contributed by atoms with Crippen LogP contribution in [0.25, 0.3) is 0 Å². The fourth-order valence-corrected chi connectivity index (χ4v) is 5.98. The Morgan fingerprint density at radius 2 is 1.80 bits per heavy atom. The minimum absolute atomic E-state index is 0.0292. The van der Waals surface area contributed by atoms with E-state index in [4.69, 9.17) is 5.73 Å². The third-order valence-corrected chi connectivity index (χ3v) is 8.13.